The summed E-state index contributed by atoms with van der Waals surface area (Å²) in [6.45, 7) is 5.51. The number of rotatable bonds is 9. The average molecular weight is 335 g/mol. The zero-order chi connectivity index (χ0) is 15.9. The summed E-state index contributed by atoms with van der Waals surface area (Å²) in [5.74, 6) is -0.194. The van der Waals surface area contributed by atoms with Crippen molar-refractivity contribution in [1.29, 1.82) is 0 Å². The van der Waals surface area contributed by atoms with Crippen molar-refractivity contribution in [3.63, 3.8) is 0 Å². The normalized spacial score (nSPS) is 11.8. The van der Waals surface area contributed by atoms with Gasteiger partial charge < -0.3 is 9.47 Å². The molecular formula is C13H21NO5S2. The van der Waals surface area contributed by atoms with Crippen LogP contribution in [0.5, 0.6) is 0 Å². The van der Waals surface area contributed by atoms with E-state index in [0.717, 1.165) is 11.3 Å². The Hall–Kier alpha value is -0.960. The number of ether oxygens (including phenoxy) is 2. The number of esters is 1. The van der Waals surface area contributed by atoms with Gasteiger partial charge in [-0.05, 0) is 23.8 Å². The molecule has 0 aliphatic heterocycles. The molecule has 0 unspecified atom stereocenters. The van der Waals surface area contributed by atoms with Gasteiger partial charge >= 0.3 is 5.97 Å². The predicted molar refractivity (Wildman–Crippen MR) is 81.1 cm³/mol. The lowest BCUT2D eigenvalue weighted by Crippen LogP contribution is -2.26. The number of thiophene rings is 1. The molecule has 120 valence electrons. The molecule has 0 bridgehead atoms. The van der Waals surface area contributed by atoms with Crippen LogP contribution in [0.1, 0.15) is 29.9 Å². The molecule has 0 aromatic carbocycles. The minimum atomic E-state index is -3.70. The van der Waals surface area contributed by atoms with E-state index in [-0.39, 0.29) is 16.3 Å². The third kappa shape index (κ3) is 5.74. The van der Waals surface area contributed by atoms with Gasteiger partial charge in [-0.3, -0.25) is 0 Å². The summed E-state index contributed by atoms with van der Waals surface area (Å²) in [6, 6.07) is 1.40. The molecule has 0 aliphatic rings. The third-order valence-electron chi connectivity index (χ3n) is 2.50. The first-order chi connectivity index (χ1) is 9.88. The minimum Gasteiger partial charge on any atom is -0.465 e. The molecule has 1 rings (SSSR count). The monoisotopic (exact) mass is 335 g/mol. The van der Waals surface area contributed by atoms with Gasteiger partial charge in [-0.15, -0.1) is 11.3 Å². The van der Waals surface area contributed by atoms with Crippen LogP contribution >= 0.6 is 11.3 Å². The van der Waals surface area contributed by atoms with Crippen LogP contribution < -0.4 is 4.72 Å². The Balaban J connectivity index is 2.51. The van der Waals surface area contributed by atoms with E-state index in [1.807, 2.05) is 13.8 Å². The van der Waals surface area contributed by atoms with Gasteiger partial charge in [0.1, 0.15) is 9.77 Å². The van der Waals surface area contributed by atoms with Crippen LogP contribution in [0.3, 0.4) is 0 Å². The molecule has 0 atom stereocenters. The molecule has 1 aromatic heterocycles. The molecule has 6 nitrogen and oxygen atoms in total. The summed E-state index contributed by atoms with van der Waals surface area (Å²) >= 11 is 1.04. The van der Waals surface area contributed by atoms with E-state index in [9.17, 15) is 13.2 Å². The molecule has 0 spiro atoms. The smallest absolute Gasteiger partial charge is 0.349 e. The van der Waals surface area contributed by atoms with Crippen LogP contribution in [0.25, 0.3) is 0 Å². The molecule has 0 amide bonds. The van der Waals surface area contributed by atoms with Gasteiger partial charge in [0.25, 0.3) is 0 Å². The average Bonchev–Trinajstić information content (AvgIpc) is 2.91. The highest BCUT2D eigenvalue weighted by atomic mass is 32.2. The standard InChI is InChI=1S/C13H21NO5S2/c1-10(2)9-19-7-4-6-14-21(16,17)11-5-8-20-12(11)13(15)18-3/h5,8,10,14H,4,6-7,9H2,1-3H3. The number of carbonyl (C=O) groups excluding carboxylic acids is 1. The Morgan fingerprint density at radius 1 is 1.43 bits per heavy atom. The van der Waals surface area contributed by atoms with E-state index in [1.165, 1.54) is 13.2 Å². The predicted octanol–water partition coefficient (Wildman–Crippen LogP) is 1.88. The number of carbonyl (C=O) groups is 1. The fourth-order valence-corrected chi connectivity index (χ4v) is 3.93. The Morgan fingerprint density at radius 3 is 2.76 bits per heavy atom. The van der Waals surface area contributed by atoms with Gasteiger partial charge in [0.2, 0.25) is 10.0 Å². The second-order valence-electron chi connectivity index (χ2n) is 4.83. The summed E-state index contributed by atoms with van der Waals surface area (Å²) in [4.78, 5) is 11.5. The number of hydrogen-bond acceptors (Lipinski definition) is 6. The van der Waals surface area contributed by atoms with Gasteiger partial charge in [-0.1, -0.05) is 13.8 Å². The molecular weight excluding hydrogens is 314 g/mol. The first-order valence-electron chi connectivity index (χ1n) is 6.61. The molecule has 8 heteroatoms. The van der Waals surface area contributed by atoms with Gasteiger partial charge in [0.05, 0.1) is 7.11 Å². The lowest BCUT2D eigenvalue weighted by Gasteiger charge is -2.08. The Labute approximate surface area is 129 Å². The zero-order valence-electron chi connectivity index (χ0n) is 12.4. The van der Waals surface area contributed by atoms with Gasteiger partial charge in [-0.2, -0.15) is 0 Å². The van der Waals surface area contributed by atoms with E-state index >= 15 is 0 Å². The van der Waals surface area contributed by atoms with Gasteiger partial charge in [0.15, 0.2) is 0 Å². The Kier molecular flexibility index (Phi) is 7.30. The van der Waals surface area contributed by atoms with Crippen molar-refractivity contribution in [3.8, 4) is 0 Å². The number of methoxy groups -OCH3 is 1. The summed E-state index contributed by atoms with van der Waals surface area (Å²) in [6.07, 6.45) is 0.573. The molecule has 0 radical (unpaired) electrons. The van der Waals surface area contributed by atoms with Crippen LogP contribution in [0.15, 0.2) is 16.3 Å². The molecule has 1 aromatic rings. The van der Waals surface area contributed by atoms with Gasteiger partial charge in [-0.25, -0.2) is 17.9 Å². The van der Waals surface area contributed by atoms with E-state index in [0.29, 0.717) is 25.6 Å². The number of hydrogen-bond donors (Lipinski definition) is 1. The van der Waals surface area contributed by atoms with Crippen LogP contribution in [0.4, 0.5) is 0 Å². The summed E-state index contributed by atoms with van der Waals surface area (Å²) in [5.41, 5.74) is 0. The molecule has 0 fully saturated rings. The van der Waals surface area contributed by atoms with E-state index in [1.54, 1.807) is 5.38 Å². The molecule has 21 heavy (non-hydrogen) atoms. The topological polar surface area (TPSA) is 81.7 Å². The largest absolute Gasteiger partial charge is 0.465 e. The Bertz CT molecular complexity index is 551. The Morgan fingerprint density at radius 2 is 2.14 bits per heavy atom. The maximum Gasteiger partial charge on any atom is 0.349 e. The molecule has 0 saturated heterocycles. The van der Waals surface area contributed by atoms with E-state index < -0.39 is 16.0 Å². The zero-order valence-corrected chi connectivity index (χ0v) is 14.1. The minimum absolute atomic E-state index is 0.0394. The first-order valence-corrected chi connectivity index (χ1v) is 8.98. The number of sulfonamides is 1. The summed E-state index contributed by atoms with van der Waals surface area (Å²) < 4.78 is 36.6. The van der Waals surface area contributed by atoms with Crippen molar-refractivity contribution in [2.75, 3.05) is 26.9 Å². The summed E-state index contributed by atoms with van der Waals surface area (Å²) in [7, 11) is -2.48. The maximum atomic E-state index is 12.1. The van der Waals surface area contributed by atoms with Crippen molar-refractivity contribution in [3.05, 3.63) is 16.3 Å². The van der Waals surface area contributed by atoms with Crippen molar-refractivity contribution in [2.45, 2.75) is 25.2 Å². The highest BCUT2D eigenvalue weighted by Gasteiger charge is 2.24. The van der Waals surface area contributed by atoms with Crippen LogP contribution in [-0.4, -0.2) is 41.3 Å². The van der Waals surface area contributed by atoms with Crippen molar-refractivity contribution >= 4 is 27.3 Å². The van der Waals surface area contributed by atoms with E-state index in [2.05, 4.69) is 9.46 Å². The van der Waals surface area contributed by atoms with Crippen molar-refractivity contribution in [2.24, 2.45) is 5.92 Å². The number of nitrogens with one attached hydrogen (secondary N) is 1. The van der Waals surface area contributed by atoms with Crippen molar-refractivity contribution in [1.82, 2.24) is 4.72 Å². The van der Waals surface area contributed by atoms with Gasteiger partial charge in [0, 0.05) is 19.8 Å². The summed E-state index contributed by atoms with van der Waals surface area (Å²) in [5, 5.41) is 1.55. The van der Waals surface area contributed by atoms with Crippen molar-refractivity contribution < 1.29 is 22.7 Å². The third-order valence-corrected chi connectivity index (χ3v) is 5.03. The molecule has 0 aliphatic carbocycles. The van der Waals surface area contributed by atoms with Crippen LogP contribution in [0, 0.1) is 5.92 Å². The quantitative estimate of drug-likeness (QED) is 0.550. The van der Waals surface area contributed by atoms with E-state index in [4.69, 9.17) is 4.74 Å². The second kappa shape index (κ2) is 8.47. The fraction of sp³-hybridized carbons (Fsp3) is 0.615. The van der Waals surface area contributed by atoms with Crippen LogP contribution in [-0.2, 0) is 19.5 Å². The first kappa shape index (κ1) is 18.1. The molecule has 1 N–H and O–H groups in total. The highest BCUT2D eigenvalue weighted by Crippen LogP contribution is 2.22. The molecule has 0 saturated carbocycles. The highest BCUT2D eigenvalue weighted by molar-refractivity contribution is 7.89. The lowest BCUT2D eigenvalue weighted by molar-refractivity contribution is 0.0602. The lowest BCUT2D eigenvalue weighted by atomic mass is 10.2. The fourth-order valence-electron chi connectivity index (χ4n) is 1.53. The second-order valence-corrected chi connectivity index (χ2v) is 7.48. The molecule has 1 heterocycles. The SMILES string of the molecule is COC(=O)c1sccc1S(=O)(=O)NCCCOCC(C)C. The maximum absolute atomic E-state index is 12.1. The van der Waals surface area contributed by atoms with Crippen LogP contribution in [0.2, 0.25) is 0 Å².